The zero-order valence-corrected chi connectivity index (χ0v) is 21.2. The van der Waals surface area contributed by atoms with E-state index in [4.69, 9.17) is 0 Å². The van der Waals surface area contributed by atoms with Gasteiger partial charge >= 0.3 is 0 Å². The maximum atomic E-state index is 13.8. The van der Waals surface area contributed by atoms with Crippen LogP contribution in [0.2, 0.25) is 0 Å². The third-order valence-electron chi connectivity index (χ3n) is 6.84. The Kier molecular flexibility index (Phi) is 7.78. The molecule has 0 aliphatic carbocycles. The molecule has 1 aromatic heterocycles. The van der Waals surface area contributed by atoms with Crippen molar-refractivity contribution in [2.24, 2.45) is 0 Å². The lowest BCUT2D eigenvalue weighted by Crippen LogP contribution is -2.49. The molecule has 2 aromatic carbocycles. The molecule has 0 unspecified atom stereocenters. The highest BCUT2D eigenvalue weighted by atomic mass is 19.1. The van der Waals surface area contributed by atoms with Crippen molar-refractivity contribution in [3.63, 3.8) is 0 Å². The molecule has 2 aliphatic rings. The molecular weight excluding hydrogens is 506 g/mol. The molecule has 11 heteroatoms. The van der Waals surface area contributed by atoms with E-state index in [0.29, 0.717) is 80.9 Å². The highest BCUT2D eigenvalue weighted by molar-refractivity contribution is 6.07. The van der Waals surface area contributed by atoms with Crippen LogP contribution < -0.4 is 15.5 Å². The second-order valence-electron chi connectivity index (χ2n) is 9.41. The van der Waals surface area contributed by atoms with Crippen LogP contribution in [-0.4, -0.2) is 84.9 Å². The van der Waals surface area contributed by atoms with Gasteiger partial charge in [-0.2, -0.15) is 0 Å². The van der Waals surface area contributed by atoms with E-state index in [2.05, 4.69) is 15.6 Å². The summed E-state index contributed by atoms with van der Waals surface area (Å²) in [5.74, 6) is -2.70. The molecule has 2 N–H and O–H groups in total. The van der Waals surface area contributed by atoms with Crippen LogP contribution in [-0.2, 0) is 0 Å². The number of benzene rings is 2. The van der Waals surface area contributed by atoms with Crippen molar-refractivity contribution in [3.8, 4) is 0 Å². The van der Waals surface area contributed by atoms with Gasteiger partial charge in [0.05, 0.1) is 16.9 Å². The van der Waals surface area contributed by atoms with Crippen LogP contribution in [0, 0.1) is 11.6 Å². The van der Waals surface area contributed by atoms with E-state index >= 15 is 0 Å². The van der Waals surface area contributed by atoms with Gasteiger partial charge in [0, 0.05) is 81.9 Å². The van der Waals surface area contributed by atoms with Gasteiger partial charge in [0.25, 0.3) is 17.7 Å². The monoisotopic (exact) mass is 534 g/mol. The molecule has 5 rings (SSSR count). The van der Waals surface area contributed by atoms with Crippen LogP contribution in [0.3, 0.4) is 0 Å². The number of anilines is 2. The number of nitrogens with one attached hydrogen (secondary N) is 2. The minimum atomic E-state index is -0.864. The summed E-state index contributed by atoms with van der Waals surface area (Å²) >= 11 is 0. The summed E-state index contributed by atoms with van der Waals surface area (Å²) in [5.41, 5.74) is 1.72. The van der Waals surface area contributed by atoms with E-state index in [1.165, 1.54) is 6.20 Å². The molecule has 0 bridgehead atoms. The molecular formula is C28H28F2N6O3. The Hall–Kier alpha value is -4.38. The van der Waals surface area contributed by atoms with Gasteiger partial charge in [-0.3, -0.25) is 19.4 Å². The maximum Gasteiger partial charge on any atom is 0.255 e. The largest absolute Gasteiger partial charge is 0.366 e. The number of rotatable bonds is 5. The van der Waals surface area contributed by atoms with E-state index in [9.17, 15) is 23.2 Å². The Morgan fingerprint density at radius 2 is 1.44 bits per heavy atom. The van der Waals surface area contributed by atoms with Gasteiger partial charge in [0.15, 0.2) is 0 Å². The number of aromatic nitrogens is 1. The Morgan fingerprint density at radius 1 is 0.769 bits per heavy atom. The summed E-state index contributed by atoms with van der Waals surface area (Å²) < 4.78 is 27.6. The van der Waals surface area contributed by atoms with Crippen LogP contribution >= 0.6 is 0 Å². The topological polar surface area (TPSA) is 97.9 Å². The van der Waals surface area contributed by atoms with Gasteiger partial charge < -0.3 is 25.3 Å². The Morgan fingerprint density at radius 3 is 2.10 bits per heavy atom. The Bertz CT molecular complexity index is 1350. The number of amides is 3. The highest BCUT2D eigenvalue weighted by Gasteiger charge is 2.26. The lowest BCUT2D eigenvalue weighted by Gasteiger charge is -2.37. The molecule has 0 radical (unpaired) electrons. The van der Waals surface area contributed by atoms with Crippen molar-refractivity contribution in [1.29, 1.82) is 0 Å². The quantitative estimate of drug-likeness (QED) is 0.523. The first-order chi connectivity index (χ1) is 18.9. The van der Waals surface area contributed by atoms with Crippen molar-refractivity contribution in [1.82, 2.24) is 20.1 Å². The van der Waals surface area contributed by atoms with Gasteiger partial charge in [-0.15, -0.1) is 0 Å². The molecule has 3 amide bonds. The predicted octanol–water partition coefficient (Wildman–Crippen LogP) is 2.62. The minimum absolute atomic E-state index is 0.110. The van der Waals surface area contributed by atoms with Gasteiger partial charge in [0.2, 0.25) is 0 Å². The summed E-state index contributed by atoms with van der Waals surface area (Å²) in [7, 11) is 0. The van der Waals surface area contributed by atoms with Crippen molar-refractivity contribution in [2.45, 2.75) is 0 Å². The van der Waals surface area contributed by atoms with Crippen molar-refractivity contribution >= 4 is 29.1 Å². The van der Waals surface area contributed by atoms with E-state index in [1.807, 2.05) is 4.90 Å². The summed E-state index contributed by atoms with van der Waals surface area (Å²) in [5, 5.41) is 5.96. The highest BCUT2D eigenvalue weighted by Crippen LogP contribution is 2.30. The van der Waals surface area contributed by atoms with E-state index in [0.717, 1.165) is 12.1 Å². The number of nitrogens with zero attached hydrogens (tertiary/aromatic N) is 4. The number of hydrogen-bond acceptors (Lipinski definition) is 6. The summed E-state index contributed by atoms with van der Waals surface area (Å²) in [4.78, 5) is 48.5. The van der Waals surface area contributed by atoms with E-state index in [1.54, 1.807) is 46.3 Å². The lowest BCUT2D eigenvalue weighted by atomic mass is 10.1. The first kappa shape index (κ1) is 26.2. The number of pyridine rings is 1. The maximum absolute atomic E-state index is 13.8. The summed E-state index contributed by atoms with van der Waals surface area (Å²) in [6.45, 7) is 4.37. The molecule has 0 saturated carbocycles. The third kappa shape index (κ3) is 6.04. The number of carbonyl (C=O) groups is 3. The molecule has 0 spiro atoms. The summed E-state index contributed by atoms with van der Waals surface area (Å²) in [6.07, 6.45) is 3.14. The summed E-state index contributed by atoms with van der Waals surface area (Å²) in [6, 6.07) is 11.1. The first-order valence-corrected chi connectivity index (χ1v) is 12.7. The van der Waals surface area contributed by atoms with Crippen LogP contribution in [0.4, 0.5) is 20.2 Å². The second-order valence-corrected chi connectivity index (χ2v) is 9.41. The van der Waals surface area contributed by atoms with Gasteiger partial charge in [-0.1, -0.05) is 0 Å². The van der Waals surface area contributed by atoms with E-state index in [-0.39, 0.29) is 17.4 Å². The molecule has 0 atom stereocenters. The fourth-order valence-corrected chi connectivity index (χ4v) is 4.80. The number of halogens is 2. The first-order valence-electron chi connectivity index (χ1n) is 12.7. The second kappa shape index (κ2) is 11.6. The molecule has 2 aliphatic heterocycles. The Labute approximate surface area is 224 Å². The van der Waals surface area contributed by atoms with Gasteiger partial charge in [-0.05, 0) is 42.5 Å². The van der Waals surface area contributed by atoms with Crippen LogP contribution in [0.1, 0.15) is 31.1 Å². The number of carbonyl (C=O) groups excluding carboxylic acids is 3. The van der Waals surface area contributed by atoms with Crippen LogP contribution in [0.15, 0.2) is 60.9 Å². The Balaban J connectivity index is 1.38. The van der Waals surface area contributed by atoms with Gasteiger partial charge in [-0.25, -0.2) is 8.78 Å². The molecule has 3 aromatic rings. The standard InChI is InChI=1S/C28H28F2N6O3/c29-22-14-21(15-23(30)17-22)26(37)33-24-16-19(27(38)35-8-6-31-7-9-35)3-4-25(24)34-10-12-36(13-11-34)28(39)20-2-1-5-32-18-20/h1-5,14-18,31H,6-13H2,(H,33,37). The molecule has 2 saturated heterocycles. The third-order valence-corrected chi connectivity index (χ3v) is 6.84. The normalized spacial score (nSPS) is 15.7. The van der Waals surface area contributed by atoms with Crippen LogP contribution in [0.5, 0.6) is 0 Å². The lowest BCUT2D eigenvalue weighted by molar-refractivity contribution is 0.0731. The van der Waals surface area contributed by atoms with Gasteiger partial charge in [0.1, 0.15) is 11.6 Å². The fourth-order valence-electron chi connectivity index (χ4n) is 4.80. The van der Waals surface area contributed by atoms with Crippen molar-refractivity contribution < 1.29 is 23.2 Å². The SMILES string of the molecule is O=C(Nc1cc(C(=O)N2CCNCC2)ccc1N1CCN(C(=O)c2cccnc2)CC1)c1cc(F)cc(F)c1. The number of piperazine rings is 2. The van der Waals surface area contributed by atoms with Crippen molar-refractivity contribution in [3.05, 3.63) is 89.2 Å². The molecule has 202 valence electrons. The molecule has 9 nitrogen and oxygen atoms in total. The van der Waals surface area contributed by atoms with E-state index < -0.39 is 17.5 Å². The molecule has 39 heavy (non-hydrogen) atoms. The zero-order valence-electron chi connectivity index (χ0n) is 21.2. The van der Waals surface area contributed by atoms with Crippen molar-refractivity contribution in [2.75, 3.05) is 62.6 Å². The molecule has 2 fully saturated rings. The minimum Gasteiger partial charge on any atom is -0.366 e. The average molecular weight is 535 g/mol. The fraction of sp³-hybridized carbons (Fsp3) is 0.286. The predicted molar refractivity (Wildman–Crippen MR) is 142 cm³/mol. The average Bonchev–Trinajstić information content (AvgIpc) is 2.97. The molecule has 3 heterocycles. The smallest absolute Gasteiger partial charge is 0.255 e. The zero-order chi connectivity index (χ0) is 27.4. The van der Waals surface area contributed by atoms with Crippen LogP contribution in [0.25, 0.3) is 0 Å². The number of hydrogen-bond donors (Lipinski definition) is 2.